The van der Waals surface area contributed by atoms with Gasteiger partial charge in [0.05, 0.1) is 48.9 Å². The van der Waals surface area contributed by atoms with Gasteiger partial charge in [0.15, 0.2) is 11.4 Å². The second kappa shape index (κ2) is 16.4. The molecular weight excluding hydrogens is 749 g/mol. The van der Waals surface area contributed by atoms with Gasteiger partial charge in [0.1, 0.15) is 11.9 Å². The summed E-state index contributed by atoms with van der Waals surface area (Å²) in [6, 6.07) is 6.25. The number of rotatable bonds is 11. The number of carbonyl (C=O) groups excluding carboxylic acids is 4. The molecule has 0 radical (unpaired) electrons. The Bertz CT molecular complexity index is 1970. The predicted molar refractivity (Wildman–Crippen MR) is 203 cm³/mol. The molecule has 2 amide bonds. The van der Waals surface area contributed by atoms with Crippen molar-refractivity contribution in [2.24, 2.45) is 29.1 Å². The summed E-state index contributed by atoms with van der Waals surface area (Å²) in [5.74, 6) is -3.48. The molecule has 3 heterocycles. The summed E-state index contributed by atoms with van der Waals surface area (Å²) in [5, 5.41) is 0.753. The van der Waals surface area contributed by atoms with Crippen LogP contribution in [0, 0.1) is 29.1 Å². The van der Waals surface area contributed by atoms with Crippen molar-refractivity contribution < 1.29 is 50.6 Å². The molecule has 0 spiro atoms. The molecule has 1 aromatic heterocycles. The Balaban J connectivity index is 1.36. The van der Waals surface area contributed by atoms with Crippen molar-refractivity contribution in [2.45, 2.75) is 121 Å². The summed E-state index contributed by atoms with van der Waals surface area (Å²) >= 11 is 0. The molecule has 1 N–H and O–H groups in total. The maximum Gasteiger partial charge on any atom is 0.307 e. The summed E-state index contributed by atoms with van der Waals surface area (Å²) < 4.78 is 72.8. The summed E-state index contributed by atoms with van der Waals surface area (Å²) in [4.78, 5) is 62.7. The van der Waals surface area contributed by atoms with E-state index in [0.29, 0.717) is 43.2 Å². The van der Waals surface area contributed by atoms with Crippen molar-refractivity contribution in [3.05, 3.63) is 42.6 Å². The second-order valence-corrected chi connectivity index (χ2v) is 18.6. The molecule has 7 atom stereocenters. The Morgan fingerprint density at radius 1 is 1.11 bits per heavy atom. The Labute approximate surface area is 327 Å². The molecule has 0 bridgehead atoms. The van der Waals surface area contributed by atoms with Crippen LogP contribution in [0.15, 0.2) is 42.6 Å². The van der Waals surface area contributed by atoms with Gasteiger partial charge in [-0.15, -0.1) is 0 Å². The van der Waals surface area contributed by atoms with Crippen molar-refractivity contribution >= 4 is 44.4 Å². The zero-order valence-corrected chi connectivity index (χ0v) is 33.5. The second-order valence-electron chi connectivity index (χ2n) is 16.6. The first-order valence-corrected chi connectivity index (χ1v) is 21.2. The number of Topliss-reactive ketones (excluding diaryl/α,β-unsaturated/α-hetero) is 1. The highest BCUT2D eigenvalue weighted by molar-refractivity contribution is 7.90. The van der Waals surface area contributed by atoms with Gasteiger partial charge >= 0.3 is 5.97 Å². The Kier molecular flexibility index (Phi) is 12.1. The molecule has 2 aliphatic heterocycles. The molecule has 2 saturated carbocycles. The van der Waals surface area contributed by atoms with Gasteiger partial charge in [0, 0.05) is 23.6 Å². The minimum Gasteiger partial charge on any atom is -0.494 e. The highest BCUT2D eigenvalue weighted by Crippen LogP contribution is 2.57. The van der Waals surface area contributed by atoms with Crippen molar-refractivity contribution in [1.29, 1.82) is 0 Å². The number of pyridine rings is 1. The number of aromatic nitrogens is 1. The fourth-order valence-electron chi connectivity index (χ4n) is 8.36. The van der Waals surface area contributed by atoms with E-state index in [1.54, 1.807) is 0 Å². The fourth-order valence-corrected chi connectivity index (χ4v) is 9.74. The molecule has 56 heavy (non-hydrogen) atoms. The van der Waals surface area contributed by atoms with Crippen LogP contribution in [0.1, 0.15) is 91.9 Å². The van der Waals surface area contributed by atoms with Crippen molar-refractivity contribution in [3.63, 3.8) is 0 Å². The standard InChI is InChI=1S/C41H53F2N3O9S/c1-6-25-17-24(2)11-7-8-12-26-20-41(26,39(50)45-56(51,52)28-15-16-28)21-33(47)32-18-27(54-36-30-14-10-9-13-29(30)34(53-5)22-44-36)23-46(32)37(49)31(25)19-35(48)55-40(3,4)38(42)43/h8-10,12-14,22,24-28,31-32,38H,6-7,11,15-21,23H2,1-5H3,(H,45,50)/b12-8-/t24-,25-,26-,27-,31+,32+,41-/m1/s1. The van der Waals surface area contributed by atoms with Crippen molar-refractivity contribution in [1.82, 2.24) is 14.6 Å². The number of nitrogens with one attached hydrogen (secondary N) is 1. The van der Waals surface area contributed by atoms with Gasteiger partial charge in [-0.1, -0.05) is 50.6 Å². The summed E-state index contributed by atoms with van der Waals surface area (Å²) in [6.07, 6.45) is 4.54. The molecule has 1 saturated heterocycles. The molecule has 6 rings (SSSR count). The van der Waals surface area contributed by atoms with Crippen LogP contribution in [0.2, 0.25) is 0 Å². The van der Waals surface area contributed by atoms with E-state index in [9.17, 15) is 36.4 Å². The number of ether oxygens (including phenoxy) is 3. The lowest BCUT2D eigenvalue weighted by atomic mass is 9.79. The number of halogens is 2. The number of hydrogen-bond acceptors (Lipinski definition) is 10. The Morgan fingerprint density at radius 2 is 1.82 bits per heavy atom. The molecule has 15 heteroatoms. The number of nitrogens with zero attached hydrogens (tertiary/aromatic N) is 2. The molecule has 4 aliphatic rings. The molecule has 0 unspecified atom stereocenters. The van der Waals surface area contributed by atoms with E-state index in [1.807, 2.05) is 50.3 Å². The van der Waals surface area contributed by atoms with E-state index < -0.39 is 80.8 Å². The Hall–Kier alpha value is -4.14. The molecule has 2 aromatic rings. The molecule has 2 aliphatic carbocycles. The lowest BCUT2D eigenvalue weighted by Crippen LogP contribution is -2.48. The topological polar surface area (TPSA) is 158 Å². The molecule has 306 valence electrons. The van der Waals surface area contributed by atoms with E-state index in [-0.39, 0.29) is 49.4 Å². The van der Waals surface area contributed by atoms with E-state index in [4.69, 9.17) is 14.2 Å². The monoisotopic (exact) mass is 801 g/mol. The number of benzene rings is 1. The van der Waals surface area contributed by atoms with E-state index in [0.717, 1.165) is 25.7 Å². The predicted octanol–water partition coefficient (Wildman–Crippen LogP) is 6.16. The van der Waals surface area contributed by atoms with Gasteiger partial charge in [0.2, 0.25) is 27.7 Å². The average molecular weight is 802 g/mol. The van der Waals surface area contributed by atoms with Crippen molar-refractivity contribution in [2.75, 3.05) is 13.7 Å². The van der Waals surface area contributed by atoms with Crippen LogP contribution in [0.5, 0.6) is 11.6 Å². The van der Waals surface area contributed by atoms with Gasteiger partial charge in [-0.25, -0.2) is 22.2 Å². The SMILES string of the molecule is CC[C@@H]1C[C@H](C)CC/C=C\[C@@H]2C[C@@]2(C(=O)NS(=O)(=O)C2CC2)CC(=O)[C@@H]2C[C@@H](Oc3ncc(OC)c4ccccc34)CN2C(=O)[C@H]1CC(=O)OC(C)(C)C(F)F. The Morgan fingerprint density at radius 3 is 2.48 bits per heavy atom. The van der Waals surface area contributed by atoms with E-state index in [2.05, 4.69) is 9.71 Å². The number of esters is 1. The summed E-state index contributed by atoms with van der Waals surface area (Å²) in [5.41, 5.74) is -3.40. The fraction of sp³-hybridized carbons (Fsp3) is 0.634. The lowest BCUT2D eigenvalue weighted by molar-refractivity contribution is -0.174. The minimum absolute atomic E-state index is 0.0357. The first-order chi connectivity index (χ1) is 26.5. The number of ketones is 1. The van der Waals surface area contributed by atoms with E-state index in [1.165, 1.54) is 18.2 Å². The largest absolute Gasteiger partial charge is 0.494 e. The number of carbonyl (C=O) groups is 4. The summed E-state index contributed by atoms with van der Waals surface area (Å²) in [7, 11) is -2.37. The zero-order chi connectivity index (χ0) is 40.6. The van der Waals surface area contributed by atoms with Crippen LogP contribution in [0.3, 0.4) is 0 Å². The first-order valence-electron chi connectivity index (χ1n) is 19.6. The number of allylic oxidation sites excluding steroid dienone is 2. The average Bonchev–Trinajstić information content (AvgIpc) is 4.08. The third kappa shape index (κ3) is 8.87. The van der Waals surface area contributed by atoms with Crippen LogP contribution in [0.25, 0.3) is 10.8 Å². The zero-order valence-electron chi connectivity index (χ0n) is 32.7. The number of hydrogen-bond donors (Lipinski definition) is 1. The normalized spacial score (nSPS) is 29.5. The molecule has 3 fully saturated rings. The van der Waals surface area contributed by atoms with Gasteiger partial charge < -0.3 is 19.1 Å². The van der Waals surface area contributed by atoms with Crippen LogP contribution in [0.4, 0.5) is 8.78 Å². The lowest BCUT2D eigenvalue weighted by Gasteiger charge is -2.34. The van der Waals surface area contributed by atoms with Crippen LogP contribution in [-0.2, 0) is 33.9 Å². The number of fused-ring (bicyclic) bond motifs is 3. The number of sulfonamides is 1. The van der Waals surface area contributed by atoms with E-state index >= 15 is 0 Å². The minimum atomic E-state index is -3.90. The number of methoxy groups -OCH3 is 1. The number of amides is 2. The van der Waals surface area contributed by atoms with Crippen LogP contribution < -0.4 is 14.2 Å². The van der Waals surface area contributed by atoms with Crippen molar-refractivity contribution in [3.8, 4) is 11.6 Å². The smallest absolute Gasteiger partial charge is 0.307 e. The van der Waals surface area contributed by atoms with Gasteiger partial charge in [-0.05, 0) is 76.2 Å². The van der Waals surface area contributed by atoms with Gasteiger partial charge in [0.25, 0.3) is 6.43 Å². The maximum atomic E-state index is 14.9. The third-order valence-electron chi connectivity index (χ3n) is 12.0. The summed E-state index contributed by atoms with van der Waals surface area (Å²) in [6.45, 7) is 6.12. The quantitative estimate of drug-likeness (QED) is 0.206. The van der Waals surface area contributed by atoms with Crippen LogP contribution >= 0.6 is 0 Å². The number of alkyl halides is 2. The molecule has 1 aromatic carbocycles. The molecule has 12 nitrogen and oxygen atoms in total. The van der Waals surface area contributed by atoms with Gasteiger partial charge in [-0.3, -0.25) is 23.9 Å². The van der Waals surface area contributed by atoms with Gasteiger partial charge in [-0.2, -0.15) is 0 Å². The van der Waals surface area contributed by atoms with Crippen LogP contribution in [-0.4, -0.2) is 84.9 Å². The maximum absolute atomic E-state index is 14.9. The first kappa shape index (κ1) is 41.5. The highest BCUT2D eigenvalue weighted by atomic mass is 32.2. The third-order valence-corrected chi connectivity index (χ3v) is 13.8. The highest BCUT2D eigenvalue weighted by Gasteiger charge is 2.61. The molecular formula is C41H53F2N3O9S.